The molecule has 2 rings (SSSR count). The minimum atomic E-state index is -3.63. The molecule has 21 heavy (non-hydrogen) atoms. The number of pyridine rings is 2. The van der Waals surface area contributed by atoms with Gasteiger partial charge in [0.15, 0.2) is 0 Å². The minimum Gasteiger partial charge on any atom is -0.384 e. The highest BCUT2D eigenvalue weighted by Gasteiger charge is 2.27. The van der Waals surface area contributed by atoms with Gasteiger partial charge in [-0.15, -0.1) is 0 Å². The maximum Gasteiger partial charge on any atom is 0.245 e. The number of hydrogen-bond donors (Lipinski definition) is 1. The molecule has 2 aromatic heterocycles. The first kappa shape index (κ1) is 15.4. The van der Waals surface area contributed by atoms with E-state index in [9.17, 15) is 8.42 Å². The van der Waals surface area contributed by atoms with E-state index in [-0.39, 0.29) is 23.3 Å². The zero-order chi connectivity index (χ0) is 15.5. The standard InChI is InChI=1S/C14H18N4O2S/c1-11(2)18(10-12-4-3-7-16-8-12)21(19,20)13-5-6-14(15)17-9-13/h3-9,11H,10H2,1-2H3,(H2,15,17). The smallest absolute Gasteiger partial charge is 0.245 e. The lowest BCUT2D eigenvalue weighted by Crippen LogP contribution is -2.36. The normalized spacial score (nSPS) is 12.0. The molecule has 0 spiro atoms. The van der Waals surface area contributed by atoms with Crippen molar-refractivity contribution in [2.24, 2.45) is 0 Å². The lowest BCUT2D eigenvalue weighted by atomic mass is 10.2. The molecular weight excluding hydrogens is 288 g/mol. The van der Waals surface area contributed by atoms with Crippen molar-refractivity contribution in [1.82, 2.24) is 14.3 Å². The lowest BCUT2D eigenvalue weighted by molar-refractivity contribution is 0.347. The lowest BCUT2D eigenvalue weighted by Gasteiger charge is -2.25. The molecule has 0 aromatic carbocycles. The van der Waals surface area contributed by atoms with Crippen LogP contribution in [-0.2, 0) is 16.6 Å². The van der Waals surface area contributed by atoms with Crippen LogP contribution >= 0.6 is 0 Å². The third-order valence-electron chi connectivity index (χ3n) is 3.00. The molecule has 0 amide bonds. The second kappa shape index (κ2) is 6.19. The summed E-state index contributed by atoms with van der Waals surface area (Å²) in [7, 11) is -3.63. The Bertz CT molecular complexity index is 685. The molecule has 0 saturated heterocycles. The maximum absolute atomic E-state index is 12.7. The Kier molecular flexibility index (Phi) is 4.54. The maximum atomic E-state index is 12.7. The van der Waals surface area contributed by atoms with Crippen LogP contribution in [0, 0.1) is 0 Å². The Hall–Kier alpha value is -1.99. The number of nitrogens with zero attached hydrogens (tertiary/aromatic N) is 3. The average molecular weight is 306 g/mol. The van der Waals surface area contributed by atoms with E-state index in [4.69, 9.17) is 5.73 Å². The van der Waals surface area contributed by atoms with Gasteiger partial charge >= 0.3 is 0 Å². The predicted molar refractivity (Wildman–Crippen MR) is 80.8 cm³/mol. The van der Waals surface area contributed by atoms with Crippen molar-refractivity contribution in [3.8, 4) is 0 Å². The van der Waals surface area contributed by atoms with Crippen LogP contribution in [0.25, 0.3) is 0 Å². The van der Waals surface area contributed by atoms with Crippen molar-refractivity contribution in [2.75, 3.05) is 5.73 Å². The first-order chi connectivity index (χ1) is 9.91. The van der Waals surface area contributed by atoms with Crippen LogP contribution in [-0.4, -0.2) is 28.7 Å². The van der Waals surface area contributed by atoms with Crippen molar-refractivity contribution in [1.29, 1.82) is 0 Å². The van der Waals surface area contributed by atoms with Crippen LogP contribution in [0.4, 0.5) is 5.82 Å². The van der Waals surface area contributed by atoms with Gasteiger partial charge in [0.2, 0.25) is 10.0 Å². The minimum absolute atomic E-state index is 0.134. The highest BCUT2D eigenvalue weighted by molar-refractivity contribution is 7.89. The summed E-state index contributed by atoms with van der Waals surface area (Å²) in [4.78, 5) is 8.00. The Balaban J connectivity index is 2.35. The van der Waals surface area contributed by atoms with E-state index in [1.54, 1.807) is 18.5 Å². The number of nitrogen functional groups attached to an aromatic ring is 1. The molecule has 0 bridgehead atoms. The monoisotopic (exact) mass is 306 g/mol. The summed E-state index contributed by atoms with van der Waals surface area (Å²) >= 11 is 0. The Morgan fingerprint density at radius 1 is 1.24 bits per heavy atom. The third-order valence-corrected chi connectivity index (χ3v) is 5.01. The van der Waals surface area contributed by atoms with Crippen LogP contribution in [0.1, 0.15) is 19.4 Å². The van der Waals surface area contributed by atoms with Crippen molar-refractivity contribution < 1.29 is 8.42 Å². The van der Waals surface area contributed by atoms with Crippen LogP contribution in [0.2, 0.25) is 0 Å². The second-order valence-corrected chi connectivity index (χ2v) is 6.81. The molecule has 2 N–H and O–H groups in total. The van der Waals surface area contributed by atoms with Gasteiger partial charge < -0.3 is 5.73 Å². The summed E-state index contributed by atoms with van der Waals surface area (Å²) < 4.78 is 26.8. The van der Waals surface area contributed by atoms with Gasteiger partial charge in [-0.25, -0.2) is 13.4 Å². The highest BCUT2D eigenvalue weighted by atomic mass is 32.2. The van der Waals surface area contributed by atoms with Crippen LogP contribution in [0.3, 0.4) is 0 Å². The van der Waals surface area contributed by atoms with Gasteiger partial charge in [-0.2, -0.15) is 4.31 Å². The van der Waals surface area contributed by atoms with Crippen LogP contribution in [0.15, 0.2) is 47.8 Å². The molecule has 0 aliphatic heterocycles. The number of anilines is 1. The summed E-state index contributed by atoms with van der Waals surface area (Å²) in [6.45, 7) is 3.93. The second-order valence-electron chi connectivity index (χ2n) is 4.92. The van der Waals surface area contributed by atoms with E-state index < -0.39 is 10.0 Å². The first-order valence-corrected chi connectivity index (χ1v) is 7.97. The molecule has 2 heterocycles. The molecule has 0 saturated carbocycles. The van der Waals surface area contributed by atoms with Gasteiger partial charge in [-0.05, 0) is 37.6 Å². The summed E-state index contributed by atoms with van der Waals surface area (Å²) in [5, 5.41) is 0. The molecule has 2 aromatic rings. The zero-order valence-electron chi connectivity index (χ0n) is 12.0. The van der Waals surface area contributed by atoms with Gasteiger partial charge in [0.25, 0.3) is 0 Å². The van der Waals surface area contributed by atoms with E-state index >= 15 is 0 Å². The number of sulfonamides is 1. The van der Waals surface area contributed by atoms with Crippen molar-refractivity contribution in [3.05, 3.63) is 48.4 Å². The zero-order valence-corrected chi connectivity index (χ0v) is 12.8. The van der Waals surface area contributed by atoms with E-state index in [0.717, 1.165) is 5.56 Å². The quantitative estimate of drug-likeness (QED) is 0.907. The van der Waals surface area contributed by atoms with Gasteiger partial charge in [0.1, 0.15) is 10.7 Å². The van der Waals surface area contributed by atoms with Crippen molar-refractivity contribution in [3.63, 3.8) is 0 Å². The fraction of sp³-hybridized carbons (Fsp3) is 0.286. The van der Waals surface area contributed by atoms with Crippen LogP contribution in [0.5, 0.6) is 0 Å². The SMILES string of the molecule is CC(C)N(Cc1cccnc1)S(=O)(=O)c1ccc(N)nc1. The van der Waals surface area contributed by atoms with Crippen molar-refractivity contribution >= 4 is 15.8 Å². The summed E-state index contributed by atoms with van der Waals surface area (Å²) in [6, 6.07) is 6.39. The van der Waals surface area contributed by atoms with Gasteiger partial charge in [-0.1, -0.05) is 6.07 Å². The summed E-state index contributed by atoms with van der Waals surface area (Å²) in [5.74, 6) is 0.289. The highest BCUT2D eigenvalue weighted by Crippen LogP contribution is 2.20. The molecular formula is C14H18N4O2S. The Morgan fingerprint density at radius 2 is 2.00 bits per heavy atom. The average Bonchev–Trinajstić information content (AvgIpc) is 2.46. The van der Waals surface area contributed by atoms with E-state index in [2.05, 4.69) is 9.97 Å². The molecule has 0 unspecified atom stereocenters. The summed E-state index contributed by atoms with van der Waals surface area (Å²) in [5.41, 5.74) is 6.33. The fourth-order valence-corrected chi connectivity index (χ4v) is 3.47. The molecule has 0 aliphatic carbocycles. The van der Waals surface area contributed by atoms with E-state index in [0.29, 0.717) is 0 Å². The Labute approximate surface area is 124 Å². The summed E-state index contributed by atoms with van der Waals surface area (Å²) in [6.07, 6.45) is 4.59. The molecule has 0 radical (unpaired) electrons. The van der Waals surface area contributed by atoms with E-state index in [1.807, 2.05) is 19.9 Å². The number of aromatic nitrogens is 2. The molecule has 112 valence electrons. The topological polar surface area (TPSA) is 89.2 Å². The number of nitrogens with two attached hydrogens (primary N) is 1. The van der Waals surface area contributed by atoms with Gasteiger partial charge in [0.05, 0.1) is 0 Å². The Morgan fingerprint density at radius 3 is 2.52 bits per heavy atom. The molecule has 7 heteroatoms. The van der Waals surface area contributed by atoms with Gasteiger partial charge in [0, 0.05) is 31.2 Å². The van der Waals surface area contributed by atoms with Crippen LogP contribution < -0.4 is 5.73 Å². The van der Waals surface area contributed by atoms with Gasteiger partial charge in [-0.3, -0.25) is 4.98 Å². The van der Waals surface area contributed by atoms with E-state index in [1.165, 1.54) is 22.6 Å². The third kappa shape index (κ3) is 3.56. The molecule has 6 nitrogen and oxygen atoms in total. The molecule has 0 atom stereocenters. The van der Waals surface area contributed by atoms with Crippen molar-refractivity contribution in [2.45, 2.75) is 31.3 Å². The molecule has 0 aliphatic rings. The number of hydrogen-bond acceptors (Lipinski definition) is 5. The number of rotatable bonds is 5. The largest absolute Gasteiger partial charge is 0.384 e. The fourth-order valence-electron chi connectivity index (χ4n) is 1.90. The predicted octanol–water partition coefficient (Wildman–Crippen LogP) is 1.66. The molecule has 0 fully saturated rings. The first-order valence-electron chi connectivity index (χ1n) is 6.53.